The van der Waals surface area contributed by atoms with Gasteiger partial charge in [0.15, 0.2) is 0 Å². The van der Waals surface area contributed by atoms with Crippen molar-refractivity contribution in [2.45, 2.75) is 46.1 Å². The molecule has 0 N–H and O–H groups in total. The molecule has 3 heterocycles. The first-order chi connectivity index (χ1) is 12.0. The fourth-order valence-electron chi connectivity index (χ4n) is 3.83. The van der Waals surface area contributed by atoms with Crippen molar-refractivity contribution in [1.82, 2.24) is 9.97 Å². The van der Waals surface area contributed by atoms with E-state index >= 15 is 0 Å². The zero-order valence-corrected chi connectivity index (χ0v) is 16.4. The lowest BCUT2D eigenvalue weighted by Gasteiger charge is -2.35. The van der Waals surface area contributed by atoms with Crippen LogP contribution in [0.5, 0.6) is 0 Å². The summed E-state index contributed by atoms with van der Waals surface area (Å²) in [6.45, 7) is 7.62. The molecule has 3 nitrogen and oxygen atoms in total. The number of hydrogen-bond acceptors (Lipinski definition) is 4. The number of anilines is 1. The lowest BCUT2D eigenvalue weighted by molar-refractivity contribution is 0.482. The van der Waals surface area contributed by atoms with E-state index in [-0.39, 0.29) is 0 Å². The number of halogens is 1. The average molecular weight is 372 g/mol. The Hall–Kier alpha value is -1.65. The molecule has 2 aromatic heterocycles. The van der Waals surface area contributed by atoms with Crippen LogP contribution in [0.3, 0.4) is 0 Å². The predicted molar refractivity (Wildman–Crippen MR) is 108 cm³/mol. The maximum absolute atomic E-state index is 6.26. The second-order valence-electron chi connectivity index (χ2n) is 7.00. The Kier molecular flexibility index (Phi) is 4.42. The fourth-order valence-corrected chi connectivity index (χ4v) is 4.98. The number of thiophene rings is 1. The van der Waals surface area contributed by atoms with Crippen LogP contribution >= 0.6 is 22.9 Å². The van der Waals surface area contributed by atoms with Gasteiger partial charge in [0.1, 0.15) is 10.6 Å². The minimum atomic E-state index is 0.342. The number of hydrogen-bond donors (Lipinski definition) is 0. The standard InChI is InChI=1S/C20H22ClN3S/c1-12-7-8-15(13(2)10-12)16-11-25-19-17(16)18(22-20(21)23-19)24-9-5-4-6-14(24)3/h7-8,10-11,14H,4-6,9H2,1-3H3. The van der Waals surface area contributed by atoms with Gasteiger partial charge in [-0.15, -0.1) is 11.3 Å². The third-order valence-electron chi connectivity index (χ3n) is 5.13. The van der Waals surface area contributed by atoms with Gasteiger partial charge in [0.25, 0.3) is 0 Å². The summed E-state index contributed by atoms with van der Waals surface area (Å²) >= 11 is 7.91. The number of aromatic nitrogens is 2. The van der Waals surface area contributed by atoms with E-state index in [1.54, 1.807) is 11.3 Å². The third-order valence-corrected chi connectivity index (χ3v) is 6.18. The second-order valence-corrected chi connectivity index (χ2v) is 8.20. The summed E-state index contributed by atoms with van der Waals surface area (Å²) in [5.41, 5.74) is 5.05. The molecule has 1 unspecified atom stereocenters. The summed E-state index contributed by atoms with van der Waals surface area (Å²) in [4.78, 5) is 12.6. The quantitative estimate of drug-likeness (QED) is 0.516. The van der Waals surface area contributed by atoms with Crippen molar-refractivity contribution >= 4 is 39.0 Å². The van der Waals surface area contributed by atoms with Gasteiger partial charge in [-0.05, 0) is 62.8 Å². The van der Waals surface area contributed by atoms with Gasteiger partial charge < -0.3 is 4.90 Å². The minimum absolute atomic E-state index is 0.342. The number of nitrogens with zero attached hydrogens (tertiary/aromatic N) is 3. The van der Waals surface area contributed by atoms with Gasteiger partial charge in [0.2, 0.25) is 5.28 Å². The Balaban J connectivity index is 1.95. The van der Waals surface area contributed by atoms with Crippen molar-refractivity contribution in [2.75, 3.05) is 11.4 Å². The van der Waals surface area contributed by atoms with E-state index in [0.29, 0.717) is 11.3 Å². The number of fused-ring (bicyclic) bond motifs is 1. The SMILES string of the molecule is Cc1ccc(-c2csc3nc(Cl)nc(N4CCCCC4C)c23)c(C)c1. The molecule has 5 heteroatoms. The maximum atomic E-state index is 6.26. The Morgan fingerprint density at radius 1 is 1.16 bits per heavy atom. The molecule has 1 aliphatic rings. The van der Waals surface area contributed by atoms with Gasteiger partial charge >= 0.3 is 0 Å². The monoisotopic (exact) mass is 371 g/mol. The molecule has 4 rings (SSSR count). The highest BCUT2D eigenvalue weighted by molar-refractivity contribution is 7.17. The molecular formula is C20H22ClN3S. The van der Waals surface area contributed by atoms with E-state index in [0.717, 1.165) is 22.6 Å². The largest absolute Gasteiger partial charge is 0.353 e. The van der Waals surface area contributed by atoms with Crippen LogP contribution in [-0.4, -0.2) is 22.6 Å². The predicted octanol–water partition coefficient (Wildman–Crippen LogP) is 6.01. The second kappa shape index (κ2) is 6.58. The summed E-state index contributed by atoms with van der Waals surface area (Å²) < 4.78 is 0. The van der Waals surface area contributed by atoms with Gasteiger partial charge in [-0.25, -0.2) is 4.98 Å². The first kappa shape index (κ1) is 16.8. The molecular weight excluding hydrogens is 350 g/mol. The van der Waals surface area contributed by atoms with Crippen LogP contribution in [-0.2, 0) is 0 Å². The van der Waals surface area contributed by atoms with Gasteiger partial charge in [0.05, 0.1) is 5.39 Å². The van der Waals surface area contributed by atoms with Crippen LogP contribution in [0.4, 0.5) is 5.82 Å². The van der Waals surface area contributed by atoms with Gasteiger partial charge in [-0.2, -0.15) is 4.98 Å². The molecule has 25 heavy (non-hydrogen) atoms. The topological polar surface area (TPSA) is 29.0 Å². The molecule has 0 bridgehead atoms. The average Bonchev–Trinajstić information content (AvgIpc) is 2.98. The van der Waals surface area contributed by atoms with E-state index in [1.807, 2.05) is 0 Å². The first-order valence-corrected chi connectivity index (χ1v) is 10.1. The molecule has 1 saturated heterocycles. The summed E-state index contributed by atoms with van der Waals surface area (Å²) in [7, 11) is 0. The van der Waals surface area contributed by atoms with Crippen LogP contribution in [0.1, 0.15) is 37.3 Å². The van der Waals surface area contributed by atoms with Crippen molar-refractivity contribution in [3.05, 3.63) is 40.0 Å². The normalized spacial score (nSPS) is 18.1. The van der Waals surface area contributed by atoms with Crippen molar-refractivity contribution in [2.24, 2.45) is 0 Å². The van der Waals surface area contributed by atoms with Crippen molar-refractivity contribution in [3.8, 4) is 11.1 Å². The van der Waals surface area contributed by atoms with Crippen LogP contribution in [0.2, 0.25) is 5.28 Å². The maximum Gasteiger partial charge on any atom is 0.225 e. The molecule has 1 atom stereocenters. The summed E-state index contributed by atoms with van der Waals surface area (Å²) in [6, 6.07) is 7.10. The Bertz CT molecular complexity index is 934. The fraction of sp³-hybridized carbons (Fsp3) is 0.400. The molecule has 130 valence electrons. The van der Waals surface area contributed by atoms with E-state index in [9.17, 15) is 0 Å². The smallest absolute Gasteiger partial charge is 0.225 e. The van der Waals surface area contributed by atoms with E-state index in [4.69, 9.17) is 11.6 Å². The van der Waals surface area contributed by atoms with Crippen LogP contribution in [0.25, 0.3) is 21.3 Å². The Morgan fingerprint density at radius 2 is 2.00 bits per heavy atom. The Labute approximate surface area is 157 Å². The molecule has 0 amide bonds. The number of benzene rings is 1. The Morgan fingerprint density at radius 3 is 2.76 bits per heavy atom. The summed E-state index contributed by atoms with van der Waals surface area (Å²) in [6.07, 6.45) is 3.69. The van der Waals surface area contributed by atoms with E-state index in [2.05, 4.69) is 59.2 Å². The van der Waals surface area contributed by atoms with Crippen molar-refractivity contribution in [1.29, 1.82) is 0 Å². The molecule has 0 aliphatic carbocycles. The van der Waals surface area contributed by atoms with Crippen LogP contribution < -0.4 is 4.90 Å². The summed E-state index contributed by atoms with van der Waals surface area (Å²) in [5, 5.41) is 3.69. The molecule has 1 aliphatic heterocycles. The van der Waals surface area contributed by atoms with Crippen molar-refractivity contribution < 1.29 is 0 Å². The zero-order valence-electron chi connectivity index (χ0n) is 14.8. The van der Waals surface area contributed by atoms with E-state index in [1.165, 1.54) is 41.5 Å². The van der Waals surface area contributed by atoms with E-state index < -0.39 is 0 Å². The molecule has 0 radical (unpaired) electrons. The van der Waals surface area contributed by atoms with Crippen LogP contribution in [0.15, 0.2) is 23.6 Å². The summed E-state index contributed by atoms with van der Waals surface area (Å²) in [5.74, 6) is 0.999. The molecule has 0 spiro atoms. The highest BCUT2D eigenvalue weighted by Crippen LogP contribution is 2.41. The molecule has 0 saturated carbocycles. The first-order valence-electron chi connectivity index (χ1n) is 8.83. The highest BCUT2D eigenvalue weighted by Gasteiger charge is 2.25. The van der Waals surface area contributed by atoms with Gasteiger partial charge in [-0.3, -0.25) is 0 Å². The zero-order chi connectivity index (χ0) is 17.6. The third kappa shape index (κ3) is 3.02. The number of aryl methyl sites for hydroxylation is 2. The lowest BCUT2D eigenvalue weighted by atomic mass is 9.98. The minimum Gasteiger partial charge on any atom is -0.353 e. The molecule has 3 aromatic rings. The van der Waals surface area contributed by atoms with Gasteiger partial charge in [0, 0.05) is 23.5 Å². The number of rotatable bonds is 2. The lowest BCUT2D eigenvalue weighted by Crippen LogP contribution is -2.38. The van der Waals surface area contributed by atoms with Gasteiger partial charge in [-0.1, -0.05) is 23.8 Å². The molecule has 1 fully saturated rings. The highest BCUT2D eigenvalue weighted by atomic mass is 35.5. The number of piperidine rings is 1. The molecule has 1 aromatic carbocycles. The van der Waals surface area contributed by atoms with Crippen molar-refractivity contribution in [3.63, 3.8) is 0 Å². The van der Waals surface area contributed by atoms with Crippen LogP contribution in [0, 0.1) is 13.8 Å².